The highest BCUT2D eigenvalue weighted by molar-refractivity contribution is 7.99. The van der Waals surface area contributed by atoms with Gasteiger partial charge in [0.05, 0.1) is 4.75 Å². The smallest absolute Gasteiger partial charge is 0.201 e. The molecule has 0 saturated carbocycles. The van der Waals surface area contributed by atoms with Gasteiger partial charge in [0, 0.05) is 0 Å². The second-order valence-corrected chi connectivity index (χ2v) is 3.39. The van der Waals surface area contributed by atoms with E-state index in [-0.39, 0.29) is 5.12 Å². The zero-order chi connectivity index (χ0) is 6.08. The summed E-state index contributed by atoms with van der Waals surface area (Å²) >= 11 is 7.49. The molecule has 42 valence electrons. The third-order valence-corrected chi connectivity index (χ3v) is 1.46. The lowest BCUT2D eigenvalue weighted by molar-refractivity contribution is -0.112. The fraction of sp³-hybridized carbons (Fsp3) is 0.750. The molecule has 0 aromatic carbocycles. The summed E-state index contributed by atoms with van der Waals surface area (Å²) in [5, 5.41) is -0.198. The number of hydrogen-bond donors (Lipinski definition) is 2. The zero-order valence-corrected chi connectivity index (χ0v) is 6.09. The van der Waals surface area contributed by atoms with E-state index in [2.05, 4.69) is 25.3 Å². The molecule has 1 nitrogen and oxygen atoms in total. The summed E-state index contributed by atoms with van der Waals surface area (Å²) in [6.45, 7) is 3.40. The largest absolute Gasteiger partial charge is 0.286 e. The van der Waals surface area contributed by atoms with E-state index in [4.69, 9.17) is 0 Å². The molecule has 0 heterocycles. The summed E-state index contributed by atoms with van der Waals surface area (Å²) in [4.78, 5) is 10.3. The van der Waals surface area contributed by atoms with Crippen LogP contribution in [-0.4, -0.2) is 9.86 Å². The van der Waals surface area contributed by atoms with Crippen LogP contribution in [0.4, 0.5) is 0 Å². The first-order valence-electron chi connectivity index (χ1n) is 1.90. The van der Waals surface area contributed by atoms with Crippen LogP contribution < -0.4 is 0 Å². The number of carbonyl (C=O) groups excluding carboxylic acids is 1. The van der Waals surface area contributed by atoms with Gasteiger partial charge in [-0.25, -0.2) is 0 Å². The fourth-order valence-electron chi connectivity index (χ4n) is 0. The molecule has 0 aliphatic carbocycles. The Labute approximate surface area is 54.3 Å². The first kappa shape index (κ1) is 7.37. The van der Waals surface area contributed by atoms with Gasteiger partial charge in [-0.2, -0.15) is 12.6 Å². The van der Waals surface area contributed by atoms with Crippen LogP contribution in [0.15, 0.2) is 0 Å². The third-order valence-electron chi connectivity index (χ3n) is 0.523. The van der Waals surface area contributed by atoms with Crippen molar-refractivity contribution >= 4 is 30.4 Å². The lowest BCUT2D eigenvalue weighted by Gasteiger charge is -2.09. The number of carbonyl (C=O) groups is 1. The Kier molecular flexibility index (Phi) is 2.20. The lowest BCUT2D eigenvalue weighted by atomic mass is 10.2. The predicted molar refractivity (Wildman–Crippen MR) is 37.1 cm³/mol. The second kappa shape index (κ2) is 2.09. The Hall–Kier alpha value is 0.370. The van der Waals surface area contributed by atoms with Crippen LogP contribution in [0.2, 0.25) is 0 Å². The van der Waals surface area contributed by atoms with Gasteiger partial charge in [-0.15, -0.1) is 12.6 Å². The van der Waals surface area contributed by atoms with Gasteiger partial charge < -0.3 is 0 Å². The standard InChI is InChI=1S/C4H8OS2/c1-4(2,7)3(5)6/h7H,1-2H3,(H,5,6). The Morgan fingerprint density at radius 1 is 1.57 bits per heavy atom. The van der Waals surface area contributed by atoms with E-state index in [1.807, 2.05) is 0 Å². The first-order valence-corrected chi connectivity index (χ1v) is 2.80. The Morgan fingerprint density at radius 3 is 1.71 bits per heavy atom. The molecule has 0 atom stereocenters. The van der Waals surface area contributed by atoms with E-state index in [1.54, 1.807) is 13.8 Å². The maximum Gasteiger partial charge on any atom is 0.201 e. The highest BCUT2D eigenvalue weighted by Gasteiger charge is 2.17. The average Bonchev–Trinajstić information content (AvgIpc) is 1.31. The summed E-state index contributed by atoms with van der Waals surface area (Å²) in [6, 6.07) is 0. The molecule has 3 heteroatoms. The predicted octanol–water partition coefficient (Wildman–Crippen LogP) is 1.15. The molecule has 0 spiro atoms. The monoisotopic (exact) mass is 136 g/mol. The fourth-order valence-corrected chi connectivity index (χ4v) is 0. The molecule has 0 aliphatic heterocycles. The van der Waals surface area contributed by atoms with Gasteiger partial charge in [-0.3, -0.25) is 4.79 Å². The number of rotatable bonds is 1. The number of thiol groups is 2. The third kappa shape index (κ3) is 3.00. The van der Waals surface area contributed by atoms with Gasteiger partial charge in [0.15, 0.2) is 0 Å². The summed E-state index contributed by atoms with van der Waals surface area (Å²) in [5.41, 5.74) is 0. The minimum atomic E-state index is -0.580. The van der Waals surface area contributed by atoms with Crippen molar-refractivity contribution in [3.63, 3.8) is 0 Å². The molecule has 0 unspecified atom stereocenters. The first-order chi connectivity index (χ1) is 2.94. The normalized spacial score (nSPS) is 11.4. The van der Waals surface area contributed by atoms with Crippen molar-refractivity contribution in [1.82, 2.24) is 0 Å². The van der Waals surface area contributed by atoms with E-state index < -0.39 is 4.75 Å². The molecule has 0 bridgehead atoms. The molecule has 0 fully saturated rings. The average molecular weight is 136 g/mol. The number of hydrogen-bond acceptors (Lipinski definition) is 2. The molecule has 0 aliphatic rings. The van der Waals surface area contributed by atoms with Crippen molar-refractivity contribution in [2.75, 3.05) is 0 Å². The van der Waals surface area contributed by atoms with Crippen molar-refractivity contribution in [3.8, 4) is 0 Å². The summed E-state index contributed by atoms with van der Waals surface area (Å²) < 4.78 is -0.580. The summed E-state index contributed by atoms with van der Waals surface area (Å²) in [7, 11) is 0. The van der Waals surface area contributed by atoms with Crippen molar-refractivity contribution in [2.24, 2.45) is 0 Å². The molecule has 0 amide bonds. The summed E-state index contributed by atoms with van der Waals surface area (Å²) in [5.74, 6) is 0. The van der Waals surface area contributed by atoms with Gasteiger partial charge in [0.2, 0.25) is 5.12 Å². The highest BCUT2D eigenvalue weighted by atomic mass is 32.1. The quantitative estimate of drug-likeness (QED) is 0.517. The maximum atomic E-state index is 10.3. The van der Waals surface area contributed by atoms with Crippen molar-refractivity contribution < 1.29 is 4.79 Å². The van der Waals surface area contributed by atoms with Gasteiger partial charge in [0.25, 0.3) is 0 Å². The Morgan fingerprint density at radius 2 is 1.71 bits per heavy atom. The topological polar surface area (TPSA) is 17.1 Å². The van der Waals surface area contributed by atoms with Crippen LogP contribution in [0.3, 0.4) is 0 Å². The highest BCUT2D eigenvalue weighted by Crippen LogP contribution is 2.14. The molecule has 0 radical (unpaired) electrons. The van der Waals surface area contributed by atoms with E-state index in [1.165, 1.54) is 0 Å². The molecule has 0 rings (SSSR count). The van der Waals surface area contributed by atoms with Crippen LogP contribution in [0, 0.1) is 0 Å². The van der Waals surface area contributed by atoms with E-state index in [0.717, 1.165) is 0 Å². The van der Waals surface area contributed by atoms with Crippen LogP contribution in [0.1, 0.15) is 13.8 Å². The molecule has 0 saturated heterocycles. The van der Waals surface area contributed by atoms with Gasteiger partial charge >= 0.3 is 0 Å². The molecular weight excluding hydrogens is 128 g/mol. The SMILES string of the molecule is CC(C)(S)C(=O)S. The van der Waals surface area contributed by atoms with Gasteiger partial charge in [-0.05, 0) is 13.8 Å². The zero-order valence-electron chi connectivity index (χ0n) is 4.30. The lowest BCUT2D eigenvalue weighted by Crippen LogP contribution is -2.18. The molecule has 7 heavy (non-hydrogen) atoms. The van der Waals surface area contributed by atoms with Crippen LogP contribution in [-0.2, 0) is 4.79 Å². The minimum Gasteiger partial charge on any atom is -0.286 e. The Balaban J connectivity index is 3.79. The van der Waals surface area contributed by atoms with Crippen LogP contribution >= 0.6 is 25.3 Å². The van der Waals surface area contributed by atoms with E-state index in [0.29, 0.717) is 0 Å². The second-order valence-electron chi connectivity index (χ2n) is 1.86. The van der Waals surface area contributed by atoms with Gasteiger partial charge in [-0.1, -0.05) is 0 Å². The van der Waals surface area contributed by atoms with Gasteiger partial charge in [0.1, 0.15) is 0 Å². The van der Waals surface area contributed by atoms with Crippen LogP contribution in [0.25, 0.3) is 0 Å². The van der Waals surface area contributed by atoms with E-state index >= 15 is 0 Å². The van der Waals surface area contributed by atoms with Crippen LogP contribution in [0.5, 0.6) is 0 Å². The summed E-state index contributed by atoms with van der Waals surface area (Å²) in [6.07, 6.45) is 0. The molecule has 0 N–H and O–H groups in total. The minimum absolute atomic E-state index is 0.198. The molecule has 0 aromatic rings. The maximum absolute atomic E-state index is 10.3. The molecule has 0 aromatic heterocycles. The van der Waals surface area contributed by atoms with Crippen molar-refractivity contribution in [1.29, 1.82) is 0 Å². The van der Waals surface area contributed by atoms with Crippen molar-refractivity contribution in [2.45, 2.75) is 18.6 Å². The molecular formula is C4H8OS2. The van der Waals surface area contributed by atoms with E-state index in [9.17, 15) is 4.79 Å². The van der Waals surface area contributed by atoms with Crippen molar-refractivity contribution in [3.05, 3.63) is 0 Å². The Bertz CT molecular complexity index is 82.2.